The van der Waals surface area contributed by atoms with Crippen molar-refractivity contribution in [2.45, 2.75) is 43.6 Å². The summed E-state index contributed by atoms with van der Waals surface area (Å²) >= 11 is 3.64. The summed E-state index contributed by atoms with van der Waals surface area (Å²) in [6.45, 7) is 8.95. The van der Waals surface area contributed by atoms with E-state index in [1.165, 1.54) is 27.1 Å². The number of thiophene rings is 1. The van der Waals surface area contributed by atoms with Crippen molar-refractivity contribution in [2.75, 3.05) is 20.2 Å². The van der Waals surface area contributed by atoms with E-state index in [1.54, 1.807) is 18.4 Å². The molecule has 0 bridgehead atoms. The summed E-state index contributed by atoms with van der Waals surface area (Å²) in [4.78, 5) is 3.72. The Morgan fingerprint density at radius 1 is 1.06 bits per heavy atom. The van der Waals surface area contributed by atoms with Crippen molar-refractivity contribution in [2.24, 2.45) is 0 Å². The Hall–Kier alpha value is -2.29. The number of allylic oxidation sites excluding steroid dienone is 1. The van der Waals surface area contributed by atoms with E-state index < -0.39 is 5.60 Å². The third-order valence-electron chi connectivity index (χ3n) is 5.39. The molecular formula is C29H33NOS2. The van der Waals surface area contributed by atoms with E-state index in [0.717, 1.165) is 25.4 Å². The monoisotopic (exact) mass is 475 g/mol. The van der Waals surface area contributed by atoms with Crippen LogP contribution in [0.1, 0.15) is 31.9 Å². The summed E-state index contributed by atoms with van der Waals surface area (Å²) in [6, 6.07) is 20.0. The summed E-state index contributed by atoms with van der Waals surface area (Å²) in [6.07, 6.45) is 4.06. The Morgan fingerprint density at radius 3 is 2.64 bits per heavy atom. The topological polar surface area (TPSA) is 12.5 Å². The van der Waals surface area contributed by atoms with Gasteiger partial charge in [-0.25, -0.2) is 0 Å². The van der Waals surface area contributed by atoms with Crippen LogP contribution in [-0.2, 0) is 17.0 Å². The lowest BCUT2D eigenvalue weighted by molar-refractivity contribution is 0.0742. The summed E-state index contributed by atoms with van der Waals surface area (Å²) in [5.74, 6) is 7.18. The third kappa shape index (κ3) is 8.53. The molecule has 0 spiro atoms. The van der Waals surface area contributed by atoms with E-state index in [0.29, 0.717) is 0 Å². The van der Waals surface area contributed by atoms with Crippen LogP contribution in [0.2, 0.25) is 0 Å². The summed E-state index contributed by atoms with van der Waals surface area (Å²) in [5.41, 5.74) is 4.89. The van der Waals surface area contributed by atoms with E-state index in [9.17, 15) is 0 Å². The summed E-state index contributed by atoms with van der Waals surface area (Å²) < 4.78 is 5.33. The normalized spacial score (nSPS) is 11.7. The average Bonchev–Trinajstić information content (AvgIpc) is 3.37. The lowest BCUT2D eigenvalue weighted by Crippen LogP contribution is -2.22. The Balaban J connectivity index is 1.55. The maximum absolute atomic E-state index is 5.33. The van der Waals surface area contributed by atoms with Gasteiger partial charge in [-0.3, -0.25) is 4.90 Å². The number of ether oxygens (including phenoxy) is 1. The Morgan fingerprint density at radius 2 is 1.88 bits per heavy atom. The molecule has 4 heteroatoms. The fraction of sp³-hybridized carbons (Fsp3) is 0.310. The highest BCUT2D eigenvalue weighted by molar-refractivity contribution is 7.98. The summed E-state index contributed by atoms with van der Waals surface area (Å²) in [7, 11) is 1.69. The number of nitrogens with zero attached hydrogens (tertiary/aromatic N) is 1. The highest BCUT2D eigenvalue weighted by Crippen LogP contribution is 2.27. The molecule has 0 radical (unpaired) electrons. The first-order valence-corrected chi connectivity index (χ1v) is 13.2. The molecule has 0 saturated carbocycles. The molecule has 1 heterocycles. The largest absolute Gasteiger partial charge is 0.366 e. The molecule has 2 aromatic carbocycles. The number of rotatable bonds is 10. The van der Waals surface area contributed by atoms with Crippen molar-refractivity contribution in [1.29, 1.82) is 0 Å². The van der Waals surface area contributed by atoms with E-state index in [2.05, 4.69) is 95.1 Å². The Labute approximate surface area is 207 Å². The third-order valence-corrected chi connectivity index (χ3v) is 7.14. The van der Waals surface area contributed by atoms with Crippen LogP contribution in [0.4, 0.5) is 0 Å². The highest BCUT2D eigenvalue weighted by atomic mass is 32.2. The Kier molecular flexibility index (Phi) is 9.84. The minimum Gasteiger partial charge on any atom is -0.366 e. The second-order valence-electron chi connectivity index (χ2n) is 8.36. The number of likely N-dealkylation sites (N-methyl/N-ethyl adjacent to an activating group) is 1. The lowest BCUT2D eigenvalue weighted by atomic mass is 10.1. The van der Waals surface area contributed by atoms with Gasteiger partial charge in [0.05, 0.1) is 0 Å². The number of thioether (sulfide) groups is 1. The van der Waals surface area contributed by atoms with Gasteiger partial charge in [-0.05, 0) is 77.7 Å². The molecule has 3 aromatic rings. The first-order chi connectivity index (χ1) is 16.0. The SMILES string of the molecule is CCN(C/C=C/C#CC(C)(C)OC)Cc1cccc(SCc2cccc(-c3ccsc3)c2)c1. The van der Waals surface area contributed by atoms with Crippen LogP contribution in [0.3, 0.4) is 0 Å². The zero-order valence-electron chi connectivity index (χ0n) is 20.0. The highest BCUT2D eigenvalue weighted by Gasteiger charge is 2.10. The molecule has 0 aliphatic rings. The number of hydrogen-bond donors (Lipinski definition) is 0. The first-order valence-electron chi connectivity index (χ1n) is 11.3. The number of hydrogen-bond acceptors (Lipinski definition) is 4. The molecule has 0 saturated heterocycles. The minimum atomic E-state index is -0.405. The molecule has 172 valence electrons. The zero-order chi connectivity index (χ0) is 23.5. The minimum absolute atomic E-state index is 0.405. The van der Waals surface area contributed by atoms with Crippen molar-refractivity contribution in [1.82, 2.24) is 4.90 Å². The smallest absolute Gasteiger partial charge is 0.123 e. The van der Waals surface area contributed by atoms with Gasteiger partial charge in [0.25, 0.3) is 0 Å². The molecule has 0 atom stereocenters. The molecular weight excluding hydrogens is 442 g/mol. The molecule has 0 fully saturated rings. The van der Waals surface area contributed by atoms with Crippen LogP contribution in [0.15, 0.2) is 82.4 Å². The van der Waals surface area contributed by atoms with Crippen molar-refractivity contribution >= 4 is 23.1 Å². The van der Waals surface area contributed by atoms with E-state index in [4.69, 9.17) is 4.74 Å². The number of methoxy groups -OCH3 is 1. The van der Waals surface area contributed by atoms with Gasteiger partial charge in [-0.2, -0.15) is 11.3 Å². The second kappa shape index (κ2) is 12.8. The van der Waals surface area contributed by atoms with Crippen LogP contribution in [-0.4, -0.2) is 30.7 Å². The van der Waals surface area contributed by atoms with E-state index in [-0.39, 0.29) is 0 Å². The molecule has 2 nitrogen and oxygen atoms in total. The van der Waals surface area contributed by atoms with Gasteiger partial charge < -0.3 is 4.74 Å². The van der Waals surface area contributed by atoms with Gasteiger partial charge in [0.1, 0.15) is 5.60 Å². The second-order valence-corrected chi connectivity index (χ2v) is 10.2. The molecule has 33 heavy (non-hydrogen) atoms. The average molecular weight is 476 g/mol. The van der Waals surface area contributed by atoms with Crippen molar-refractivity contribution in [3.8, 4) is 23.0 Å². The maximum atomic E-state index is 5.33. The van der Waals surface area contributed by atoms with Crippen LogP contribution >= 0.6 is 23.1 Å². The lowest BCUT2D eigenvalue weighted by Gasteiger charge is -2.19. The van der Waals surface area contributed by atoms with Gasteiger partial charge in [-0.15, -0.1) is 11.8 Å². The molecule has 3 rings (SSSR count). The fourth-order valence-corrected chi connectivity index (χ4v) is 4.85. The van der Waals surface area contributed by atoms with Crippen molar-refractivity contribution < 1.29 is 4.74 Å². The summed E-state index contributed by atoms with van der Waals surface area (Å²) in [5, 5.41) is 4.34. The van der Waals surface area contributed by atoms with Crippen molar-refractivity contribution in [3.05, 3.63) is 88.6 Å². The maximum Gasteiger partial charge on any atom is 0.123 e. The van der Waals surface area contributed by atoms with Gasteiger partial charge >= 0.3 is 0 Å². The standard InChI is InChI=1S/C29H33NOS2/c1-5-30(17-8-6-7-16-29(2,3)31-4)21-24-11-10-14-28(20-24)33-22-25-12-9-13-26(19-25)27-15-18-32-23-27/h6,8-15,18-20,23H,5,17,21-22H2,1-4H3/b8-6+. The van der Waals surface area contributed by atoms with Gasteiger partial charge in [0, 0.05) is 30.8 Å². The molecule has 0 aliphatic heterocycles. The first kappa shape index (κ1) is 25.3. The molecule has 1 aromatic heterocycles. The van der Waals surface area contributed by atoms with E-state index >= 15 is 0 Å². The van der Waals surface area contributed by atoms with Gasteiger partial charge in [-0.1, -0.05) is 61.2 Å². The fourth-order valence-electron chi connectivity index (χ4n) is 3.26. The molecule has 0 aliphatic carbocycles. The van der Waals surface area contributed by atoms with Crippen LogP contribution < -0.4 is 0 Å². The Bertz CT molecular complexity index is 1090. The van der Waals surface area contributed by atoms with Crippen LogP contribution in [0.25, 0.3) is 11.1 Å². The predicted octanol–water partition coefficient (Wildman–Crippen LogP) is 7.51. The zero-order valence-corrected chi connectivity index (χ0v) is 21.6. The van der Waals surface area contributed by atoms with E-state index in [1.807, 2.05) is 31.7 Å². The number of benzene rings is 2. The van der Waals surface area contributed by atoms with Crippen molar-refractivity contribution in [3.63, 3.8) is 0 Å². The van der Waals surface area contributed by atoms with Crippen LogP contribution in [0, 0.1) is 11.8 Å². The molecule has 0 amide bonds. The predicted molar refractivity (Wildman–Crippen MR) is 145 cm³/mol. The van der Waals surface area contributed by atoms with Gasteiger partial charge in [0.15, 0.2) is 0 Å². The molecule has 0 N–H and O–H groups in total. The molecule has 0 unspecified atom stereocenters. The van der Waals surface area contributed by atoms with Crippen LogP contribution in [0.5, 0.6) is 0 Å². The van der Waals surface area contributed by atoms with Gasteiger partial charge in [0.2, 0.25) is 0 Å². The quantitative estimate of drug-likeness (QED) is 0.222.